The molecule has 0 spiro atoms. The summed E-state index contributed by atoms with van der Waals surface area (Å²) in [4.78, 5) is 4.51. The first-order chi connectivity index (χ1) is 7.94. The van der Waals surface area contributed by atoms with Gasteiger partial charge in [0.25, 0.3) is 0 Å². The Hall–Kier alpha value is -0.150. The molecule has 3 heteroatoms. The van der Waals surface area contributed by atoms with E-state index in [1.54, 1.807) is 0 Å². The first-order valence-electron chi connectivity index (χ1n) is 7.02. The molecule has 0 aromatic heterocycles. The molecule has 2 nitrogen and oxygen atoms in total. The summed E-state index contributed by atoms with van der Waals surface area (Å²) in [6.45, 7) is 14.1. The maximum Gasteiger partial charge on any atom is 0.118 e. The van der Waals surface area contributed by atoms with Crippen LogP contribution in [0.5, 0.6) is 0 Å². The third kappa shape index (κ3) is 3.45. The molecule has 1 rings (SSSR count). The third-order valence-electron chi connectivity index (χ3n) is 3.89. The second kappa shape index (κ2) is 5.09. The summed E-state index contributed by atoms with van der Waals surface area (Å²) >= 11 is 0. The second-order valence-electron chi connectivity index (χ2n) is 8.04. The minimum absolute atomic E-state index is 0.0134. The lowest BCUT2D eigenvalue weighted by atomic mass is 9.83. The van der Waals surface area contributed by atoms with Crippen molar-refractivity contribution in [3.63, 3.8) is 0 Å². The average molecular weight is 258 g/mol. The molecular weight excluding hydrogens is 227 g/mol. The highest BCUT2D eigenvalue weighted by atomic mass is 19.1. The molecule has 1 heterocycles. The quantitative estimate of drug-likeness (QED) is 0.750. The number of rotatable bonds is 2. The number of alkyl halides is 1. The van der Waals surface area contributed by atoms with Gasteiger partial charge in [-0.05, 0) is 46.7 Å². The summed E-state index contributed by atoms with van der Waals surface area (Å²) < 4.78 is 14.4. The molecule has 0 amide bonds. The van der Waals surface area contributed by atoms with Crippen LogP contribution in [-0.4, -0.2) is 54.2 Å². The predicted molar refractivity (Wildman–Crippen MR) is 76.7 cm³/mol. The van der Waals surface area contributed by atoms with Crippen molar-refractivity contribution in [2.45, 2.75) is 71.8 Å². The van der Waals surface area contributed by atoms with E-state index in [9.17, 15) is 4.39 Å². The van der Waals surface area contributed by atoms with Crippen LogP contribution in [0.2, 0.25) is 0 Å². The standard InChI is InChI=1S/C15H31FN2/c1-14(2,3)13-9-11(16)12(10-17(7)8)18(13)15(4,5)6/h11-13H,9-10H2,1-8H3/t11-,12-,13+/m1/s1. The largest absolute Gasteiger partial charge is 0.308 e. The zero-order chi connectivity index (χ0) is 14.3. The first kappa shape index (κ1) is 15.9. The van der Waals surface area contributed by atoms with Gasteiger partial charge in [-0.15, -0.1) is 0 Å². The molecule has 18 heavy (non-hydrogen) atoms. The fourth-order valence-corrected chi connectivity index (χ4v) is 3.20. The Kier molecular flexibility index (Phi) is 4.49. The summed E-state index contributed by atoms with van der Waals surface area (Å²) in [5.74, 6) is 0. The van der Waals surface area contributed by atoms with Crippen molar-refractivity contribution < 1.29 is 4.39 Å². The van der Waals surface area contributed by atoms with Crippen LogP contribution in [0, 0.1) is 5.41 Å². The van der Waals surface area contributed by atoms with E-state index < -0.39 is 6.17 Å². The van der Waals surface area contributed by atoms with Gasteiger partial charge in [-0.1, -0.05) is 20.8 Å². The lowest BCUT2D eigenvalue weighted by molar-refractivity contribution is 0.0113. The van der Waals surface area contributed by atoms with E-state index in [4.69, 9.17) is 0 Å². The zero-order valence-corrected chi connectivity index (χ0v) is 13.4. The summed E-state index contributed by atoms with van der Waals surface area (Å²) in [6.07, 6.45) is -0.0462. The minimum atomic E-state index is -0.712. The Bertz CT molecular complexity index is 275. The number of hydrogen-bond acceptors (Lipinski definition) is 2. The summed E-state index contributed by atoms with van der Waals surface area (Å²) in [5.41, 5.74) is 0.137. The third-order valence-corrected chi connectivity index (χ3v) is 3.89. The lowest BCUT2D eigenvalue weighted by Crippen LogP contribution is -2.56. The molecule has 3 atom stereocenters. The molecule has 0 saturated carbocycles. The molecule has 0 bridgehead atoms. The van der Waals surface area contributed by atoms with Gasteiger partial charge >= 0.3 is 0 Å². The van der Waals surface area contributed by atoms with Gasteiger partial charge in [0.05, 0.1) is 6.04 Å². The van der Waals surface area contributed by atoms with Crippen LogP contribution in [0.3, 0.4) is 0 Å². The van der Waals surface area contributed by atoms with Crippen molar-refractivity contribution in [1.82, 2.24) is 9.80 Å². The van der Waals surface area contributed by atoms with Crippen LogP contribution in [-0.2, 0) is 0 Å². The van der Waals surface area contributed by atoms with Crippen molar-refractivity contribution in [2.24, 2.45) is 5.41 Å². The molecule has 0 aromatic rings. The second-order valence-corrected chi connectivity index (χ2v) is 8.04. The smallest absolute Gasteiger partial charge is 0.118 e. The molecule has 1 aliphatic heterocycles. The van der Waals surface area contributed by atoms with E-state index in [2.05, 4.69) is 51.3 Å². The van der Waals surface area contributed by atoms with Gasteiger partial charge in [0.2, 0.25) is 0 Å². The van der Waals surface area contributed by atoms with Gasteiger partial charge in [0.15, 0.2) is 0 Å². The monoisotopic (exact) mass is 258 g/mol. The molecule has 1 aliphatic rings. The van der Waals surface area contributed by atoms with Crippen molar-refractivity contribution in [3.05, 3.63) is 0 Å². The SMILES string of the molecule is CN(C)C[C@@H]1[C@H](F)C[C@@H](C(C)(C)C)N1C(C)(C)C. The van der Waals surface area contributed by atoms with Gasteiger partial charge in [-0.3, -0.25) is 4.90 Å². The fourth-order valence-electron chi connectivity index (χ4n) is 3.20. The molecular formula is C15H31FN2. The predicted octanol–water partition coefficient (Wildman–Crippen LogP) is 3.17. The number of likely N-dealkylation sites (tertiary alicyclic amines) is 1. The van der Waals surface area contributed by atoms with Crippen LogP contribution in [0.1, 0.15) is 48.0 Å². The normalized spacial score (nSPS) is 31.3. The molecule has 0 unspecified atom stereocenters. The maximum atomic E-state index is 14.4. The van der Waals surface area contributed by atoms with E-state index in [0.29, 0.717) is 12.5 Å². The van der Waals surface area contributed by atoms with Crippen LogP contribution in [0.25, 0.3) is 0 Å². The fraction of sp³-hybridized carbons (Fsp3) is 1.00. The number of hydrogen-bond donors (Lipinski definition) is 0. The van der Waals surface area contributed by atoms with Crippen molar-refractivity contribution in [2.75, 3.05) is 20.6 Å². The van der Waals surface area contributed by atoms with Crippen LogP contribution in [0.15, 0.2) is 0 Å². The van der Waals surface area contributed by atoms with E-state index in [0.717, 1.165) is 6.54 Å². The van der Waals surface area contributed by atoms with E-state index >= 15 is 0 Å². The summed E-state index contributed by atoms with van der Waals surface area (Å²) in [6, 6.07) is 0.335. The molecule has 0 radical (unpaired) electrons. The highest BCUT2D eigenvalue weighted by Crippen LogP contribution is 2.41. The Morgan fingerprint density at radius 1 is 1.11 bits per heavy atom. The minimum Gasteiger partial charge on any atom is -0.308 e. The molecule has 1 saturated heterocycles. The average Bonchev–Trinajstić information content (AvgIpc) is 2.41. The molecule has 0 aromatic carbocycles. The molecule has 108 valence electrons. The number of halogens is 1. The van der Waals surface area contributed by atoms with Crippen molar-refractivity contribution in [1.29, 1.82) is 0 Å². The van der Waals surface area contributed by atoms with Crippen LogP contribution < -0.4 is 0 Å². The van der Waals surface area contributed by atoms with Crippen LogP contribution >= 0.6 is 0 Å². The van der Waals surface area contributed by atoms with E-state index in [-0.39, 0.29) is 17.0 Å². The molecule has 0 aliphatic carbocycles. The summed E-state index contributed by atoms with van der Waals surface area (Å²) in [7, 11) is 4.05. The van der Waals surface area contributed by atoms with Gasteiger partial charge in [0, 0.05) is 18.1 Å². The van der Waals surface area contributed by atoms with Crippen molar-refractivity contribution in [3.8, 4) is 0 Å². The van der Waals surface area contributed by atoms with Gasteiger partial charge in [-0.25, -0.2) is 4.39 Å². The lowest BCUT2D eigenvalue weighted by Gasteiger charge is -2.46. The maximum absolute atomic E-state index is 14.4. The highest BCUT2D eigenvalue weighted by Gasteiger charge is 2.49. The van der Waals surface area contributed by atoms with Gasteiger partial charge < -0.3 is 4.90 Å². The Morgan fingerprint density at radius 2 is 1.61 bits per heavy atom. The highest BCUT2D eigenvalue weighted by molar-refractivity contribution is 5.04. The van der Waals surface area contributed by atoms with E-state index in [1.807, 2.05) is 14.1 Å². The van der Waals surface area contributed by atoms with Crippen molar-refractivity contribution >= 4 is 0 Å². The van der Waals surface area contributed by atoms with Gasteiger partial charge in [0.1, 0.15) is 6.17 Å². The zero-order valence-electron chi connectivity index (χ0n) is 13.4. The number of likely N-dealkylation sites (N-methyl/N-ethyl adjacent to an activating group) is 1. The van der Waals surface area contributed by atoms with Crippen LogP contribution in [0.4, 0.5) is 4.39 Å². The Labute approximate surface area is 113 Å². The Balaban J connectivity index is 3.04. The summed E-state index contributed by atoms with van der Waals surface area (Å²) in [5, 5.41) is 0. The van der Waals surface area contributed by atoms with E-state index in [1.165, 1.54) is 0 Å². The topological polar surface area (TPSA) is 6.48 Å². The first-order valence-corrected chi connectivity index (χ1v) is 7.02. The van der Waals surface area contributed by atoms with Gasteiger partial charge in [-0.2, -0.15) is 0 Å². The molecule has 0 N–H and O–H groups in total. The Morgan fingerprint density at radius 3 is 1.94 bits per heavy atom. The molecule has 1 fully saturated rings. The number of nitrogens with zero attached hydrogens (tertiary/aromatic N) is 2.